The molecule has 14 heavy (non-hydrogen) atoms. The molecule has 0 aromatic rings. The number of nitrogens with one attached hydrogen (secondary N) is 1. The van der Waals surface area contributed by atoms with Gasteiger partial charge in [-0.3, -0.25) is 4.79 Å². The van der Waals surface area contributed by atoms with Crippen LogP contribution >= 0.6 is 0 Å². The smallest absolute Gasteiger partial charge is 0.221 e. The molecule has 0 bridgehead atoms. The predicted molar refractivity (Wildman–Crippen MR) is 54.8 cm³/mol. The number of aliphatic hydroxyl groups is 2. The molecule has 0 aliphatic rings. The molecule has 0 aromatic heterocycles. The second-order valence-corrected chi connectivity index (χ2v) is 5.16. The van der Waals surface area contributed by atoms with Crippen LogP contribution in [0.2, 0.25) is 0 Å². The van der Waals surface area contributed by atoms with Crippen molar-refractivity contribution in [1.29, 1.82) is 0 Å². The molecule has 0 saturated heterocycles. The van der Waals surface area contributed by atoms with Crippen molar-refractivity contribution >= 4 is 5.91 Å². The van der Waals surface area contributed by atoms with Gasteiger partial charge in [0, 0.05) is 6.42 Å². The van der Waals surface area contributed by atoms with E-state index in [1.54, 1.807) is 6.92 Å². The highest BCUT2D eigenvalue weighted by molar-refractivity contribution is 5.77. The molecule has 0 saturated carbocycles. The molecule has 0 rings (SSSR count). The van der Waals surface area contributed by atoms with Gasteiger partial charge in [-0.25, -0.2) is 0 Å². The van der Waals surface area contributed by atoms with Crippen LogP contribution in [0.1, 0.15) is 34.1 Å². The van der Waals surface area contributed by atoms with Crippen LogP contribution in [-0.4, -0.2) is 34.9 Å². The molecule has 0 spiro atoms. The Morgan fingerprint density at radius 1 is 1.14 bits per heavy atom. The van der Waals surface area contributed by atoms with Crippen molar-refractivity contribution in [2.45, 2.75) is 39.7 Å². The lowest BCUT2D eigenvalue weighted by atomic mass is 9.91. The molecule has 0 aliphatic heterocycles. The maximum Gasteiger partial charge on any atom is 0.221 e. The van der Waals surface area contributed by atoms with Gasteiger partial charge in [0.2, 0.25) is 5.91 Å². The summed E-state index contributed by atoms with van der Waals surface area (Å²) in [5.74, 6) is -0.150. The molecule has 0 radical (unpaired) electrons. The maximum atomic E-state index is 11.5. The first-order valence-corrected chi connectivity index (χ1v) is 4.75. The molecule has 4 heteroatoms. The quantitative estimate of drug-likeness (QED) is 0.615. The molecular formula is C10H21NO3. The van der Waals surface area contributed by atoms with Crippen molar-refractivity contribution in [2.24, 2.45) is 5.41 Å². The Balaban J connectivity index is 4.18. The Morgan fingerprint density at radius 2 is 1.57 bits per heavy atom. The number of carbonyl (C=O) groups excluding carboxylic acids is 1. The lowest BCUT2D eigenvalue weighted by Crippen LogP contribution is -2.52. The van der Waals surface area contributed by atoms with Crippen molar-refractivity contribution in [3.63, 3.8) is 0 Å². The van der Waals surface area contributed by atoms with Gasteiger partial charge >= 0.3 is 0 Å². The molecule has 1 amide bonds. The number of carbonyl (C=O) groups is 1. The molecular weight excluding hydrogens is 182 g/mol. The van der Waals surface area contributed by atoms with Gasteiger partial charge in [-0.15, -0.1) is 0 Å². The zero-order valence-corrected chi connectivity index (χ0v) is 9.42. The van der Waals surface area contributed by atoms with Crippen molar-refractivity contribution < 1.29 is 15.0 Å². The van der Waals surface area contributed by atoms with Crippen LogP contribution < -0.4 is 5.32 Å². The van der Waals surface area contributed by atoms with E-state index in [-0.39, 0.29) is 24.5 Å². The highest BCUT2D eigenvalue weighted by Crippen LogP contribution is 2.18. The fourth-order valence-corrected chi connectivity index (χ4v) is 0.992. The largest absolute Gasteiger partial charge is 0.394 e. The molecule has 4 nitrogen and oxygen atoms in total. The summed E-state index contributed by atoms with van der Waals surface area (Å²) in [4.78, 5) is 11.5. The molecule has 0 heterocycles. The fourth-order valence-electron chi connectivity index (χ4n) is 0.992. The average Bonchev–Trinajstić information content (AvgIpc) is 2.00. The number of hydrogen-bond donors (Lipinski definition) is 3. The number of rotatable bonds is 4. The van der Waals surface area contributed by atoms with Crippen LogP contribution in [0, 0.1) is 5.41 Å². The lowest BCUT2D eigenvalue weighted by Gasteiger charge is -2.28. The third-order valence-corrected chi connectivity index (χ3v) is 1.83. The summed E-state index contributed by atoms with van der Waals surface area (Å²) in [5.41, 5.74) is -1.00. The second-order valence-electron chi connectivity index (χ2n) is 5.16. The van der Waals surface area contributed by atoms with E-state index in [0.29, 0.717) is 6.42 Å². The van der Waals surface area contributed by atoms with Crippen LogP contribution in [0.25, 0.3) is 0 Å². The van der Waals surface area contributed by atoms with E-state index >= 15 is 0 Å². The van der Waals surface area contributed by atoms with Gasteiger partial charge in [0.25, 0.3) is 0 Å². The average molecular weight is 203 g/mol. The topological polar surface area (TPSA) is 69.6 Å². The minimum atomic E-state index is -0.914. The molecule has 3 N–H and O–H groups in total. The molecule has 0 aromatic carbocycles. The van der Waals surface area contributed by atoms with Crippen molar-refractivity contribution in [3.8, 4) is 0 Å². The normalized spacial score (nSPS) is 12.7. The Kier molecular flexibility index (Phi) is 4.55. The fraction of sp³-hybridized carbons (Fsp3) is 0.900. The molecule has 0 fully saturated rings. The van der Waals surface area contributed by atoms with Crippen molar-refractivity contribution in [1.82, 2.24) is 5.32 Å². The van der Waals surface area contributed by atoms with Crippen LogP contribution in [0.5, 0.6) is 0 Å². The molecule has 0 aliphatic carbocycles. The van der Waals surface area contributed by atoms with E-state index < -0.39 is 5.54 Å². The lowest BCUT2D eigenvalue weighted by molar-refractivity contribution is -0.125. The van der Waals surface area contributed by atoms with Crippen LogP contribution in [-0.2, 0) is 4.79 Å². The number of amides is 1. The van der Waals surface area contributed by atoms with E-state index in [9.17, 15) is 4.79 Å². The molecule has 0 unspecified atom stereocenters. The predicted octanol–water partition coefficient (Wildman–Crippen LogP) is 0.282. The number of hydrogen-bond acceptors (Lipinski definition) is 3. The zero-order chi connectivity index (χ0) is 11.4. The minimum absolute atomic E-state index is 0.0874. The van der Waals surface area contributed by atoms with Gasteiger partial charge in [0.05, 0.1) is 18.8 Å². The first kappa shape index (κ1) is 13.4. The summed E-state index contributed by atoms with van der Waals surface area (Å²) in [6.07, 6.45) is 0.378. The van der Waals surface area contributed by atoms with E-state index in [0.717, 1.165) is 0 Å². The summed E-state index contributed by atoms with van der Waals surface area (Å²) >= 11 is 0. The van der Waals surface area contributed by atoms with Gasteiger partial charge < -0.3 is 15.5 Å². The molecule has 84 valence electrons. The van der Waals surface area contributed by atoms with Gasteiger partial charge in [-0.1, -0.05) is 20.8 Å². The van der Waals surface area contributed by atoms with Gasteiger partial charge in [0.15, 0.2) is 0 Å². The second kappa shape index (κ2) is 4.75. The van der Waals surface area contributed by atoms with E-state index in [4.69, 9.17) is 10.2 Å². The zero-order valence-electron chi connectivity index (χ0n) is 9.42. The van der Waals surface area contributed by atoms with E-state index in [2.05, 4.69) is 5.32 Å². The monoisotopic (exact) mass is 203 g/mol. The Labute approximate surface area is 85.3 Å². The van der Waals surface area contributed by atoms with Gasteiger partial charge in [-0.05, 0) is 12.3 Å². The summed E-state index contributed by atoms with van der Waals surface area (Å²) < 4.78 is 0. The summed E-state index contributed by atoms with van der Waals surface area (Å²) in [6, 6.07) is 0. The summed E-state index contributed by atoms with van der Waals surface area (Å²) in [5, 5.41) is 20.5. The highest BCUT2D eigenvalue weighted by atomic mass is 16.3. The summed E-state index contributed by atoms with van der Waals surface area (Å²) in [6.45, 7) is 6.96. The van der Waals surface area contributed by atoms with Crippen LogP contribution in [0.3, 0.4) is 0 Å². The Bertz CT molecular complexity index is 192. The SMILES string of the molecule is CC(C)(C)CC(=O)NC(C)(CO)CO. The first-order chi connectivity index (χ1) is 6.22. The highest BCUT2D eigenvalue weighted by Gasteiger charge is 2.26. The first-order valence-electron chi connectivity index (χ1n) is 4.75. The van der Waals surface area contributed by atoms with E-state index in [1.807, 2.05) is 20.8 Å². The third kappa shape index (κ3) is 5.19. The Morgan fingerprint density at radius 3 is 1.86 bits per heavy atom. The standard InChI is InChI=1S/C10H21NO3/c1-9(2,3)5-8(14)11-10(4,6-12)7-13/h12-13H,5-7H2,1-4H3,(H,11,14). The van der Waals surface area contributed by atoms with Gasteiger partial charge in [-0.2, -0.15) is 0 Å². The van der Waals surface area contributed by atoms with E-state index in [1.165, 1.54) is 0 Å². The third-order valence-electron chi connectivity index (χ3n) is 1.83. The molecule has 0 atom stereocenters. The van der Waals surface area contributed by atoms with Gasteiger partial charge in [0.1, 0.15) is 0 Å². The maximum absolute atomic E-state index is 11.5. The summed E-state index contributed by atoms with van der Waals surface area (Å²) in [7, 11) is 0. The minimum Gasteiger partial charge on any atom is -0.394 e. The van der Waals surface area contributed by atoms with Crippen LogP contribution in [0.4, 0.5) is 0 Å². The van der Waals surface area contributed by atoms with Crippen molar-refractivity contribution in [2.75, 3.05) is 13.2 Å². The van der Waals surface area contributed by atoms with Crippen molar-refractivity contribution in [3.05, 3.63) is 0 Å². The number of aliphatic hydroxyl groups excluding tert-OH is 2. The van der Waals surface area contributed by atoms with Crippen LogP contribution in [0.15, 0.2) is 0 Å². The Hall–Kier alpha value is -0.610.